The van der Waals surface area contributed by atoms with E-state index >= 15 is 0 Å². The van der Waals surface area contributed by atoms with Crippen LogP contribution < -0.4 is 0 Å². The Balaban J connectivity index is 1.63. The quantitative estimate of drug-likeness (QED) is 0.443. The number of amides is 2. The molecule has 5 nitrogen and oxygen atoms in total. The van der Waals surface area contributed by atoms with Crippen LogP contribution in [0.1, 0.15) is 11.1 Å². The maximum atomic E-state index is 13.1. The third-order valence-electron chi connectivity index (χ3n) is 5.76. The predicted octanol–water partition coefficient (Wildman–Crippen LogP) is 2.43. The molecular formula is C23H22N2O3. The summed E-state index contributed by atoms with van der Waals surface area (Å²) in [6.07, 6.45) is 2.50. The second-order valence-electron chi connectivity index (χ2n) is 7.31. The van der Waals surface area contributed by atoms with Gasteiger partial charge in [0, 0.05) is 12.6 Å². The Morgan fingerprint density at radius 2 is 1.29 bits per heavy atom. The molecule has 0 aliphatic carbocycles. The van der Waals surface area contributed by atoms with Crippen LogP contribution in [-0.4, -0.2) is 40.0 Å². The highest BCUT2D eigenvalue weighted by Gasteiger charge is 2.61. The molecule has 2 saturated heterocycles. The largest absolute Gasteiger partial charge is 0.302 e. The maximum absolute atomic E-state index is 13.1. The van der Waals surface area contributed by atoms with Crippen LogP contribution in [0.25, 0.3) is 0 Å². The normalized spacial score (nSPS) is 27.1. The highest BCUT2D eigenvalue weighted by molar-refractivity contribution is 6.07. The van der Waals surface area contributed by atoms with Crippen molar-refractivity contribution < 1.29 is 14.4 Å². The number of rotatable bonds is 6. The summed E-state index contributed by atoms with van der Waals surface area (Å²) in [6, 6.07) is 18.2. The molecule has 2 amide bonds. The van der Waals surface area contributed by atoms with E-state index in [1.54, 1.807) is 6.08 Å². The van der Waals surface area contributed by atoms with Crippen LogP contribution >= 0.6 is 0 Å². The van der Waals surface area contributed by atoms with Gasteiger partial charge in [-0.25, -0.2) is 0 Å². The molecule has 0 radical (unpaired) electrons. The summed E-state index contributed by atoms with van der Waals surface area (Å²) in [7, 11) is 0. The van der Waals surface area contributed by atoms with Crippen LogP contribution in [0.3, 0.4) is 0 Å². The number of likely N-dealkylation sites (tertiary alicyclic amines) is 2. The molecule has 142 valence electrons. The first kappa shape index (κ1) is 18.3. The zero-order chi connectivity index (χ0) is 19.7. The summed E-state index contributed by atoms with van der Waals surface area (Å²) in [5.74, 6) is -1.70. The van der Waals surface area contributed by atoms with Gasteiger partial charge in [-0.15, -0.1) is 6.58 Å². The van der Waals surface area contributed by atoms with Gasteiger partial charge in [-0.3, -0.25) is 19.4 Å². The van der Waals surface area contributed by atoms with Crippen LogP contribution in [0.15, 0.2) is 73.3 Å². The molecule has 4 rings (SSSR count). The zero-order valence-corrected chi connectivity index (χ0v) is 15.5. The second-order valence-corrected chi connectivity index (χ2v) is 7.31. The Morgan fingerprint density at radius 1 is 0.786 bits per heavy atom. The summed E-state index contributed by atoms with van der Waals surface area (Å²) < 4.78 is 0. The van der Waals surface area contributed by atoms with Gasteiger partial charge in [-0.2, -0.15) is 0 Å². The summed E-state index contributed by atoms with van der Waals surface area (Å²) in [4.78, 5) is 41.5. The van der Waals surface area contributed by atoms with Gasteiger partial charge in [-0.05, 0) is 11.1 Å². The number of carbonyl (C=O) groups excluding carboxylic acids is 3. The predicted molar refractivity (Wildman–Crippen MR) is 105 cm³/mol. The van der Waals surface area contributed by atoms with E-state index in [4.69, 9.17) is 0 Å². The number of hydrogen-bond donors (Lipinski definition) is 0. The summed E-state index contributed by atoms with van der Waals surface area (Å²) in [5.41, 5.74) is 1.92. The van der Waals surface area contributed by atoms with Crippen LogP contribution in [-0.2, 0) is 27.5 Å². The van der Waals surface area contributed by atoms with Crippen molar-refractivity contribution in [3.8, 4) is 0 Å². The van der Waals surface area contributed by atoms with Crippen molar-refractivity contribution in [2.45, 2.75) is 25.2 Å². The van der Waals surface area contributed by atoms with Crippen LogP contribution in [0.2, 0.25) is 0 Å². The summed E-state index contributed by atoms with van der Waals surface area (Å²) in [5, 5.41) is 0. The third kappa shape index (κ3) is 2.98. The first-order valence-corrected chi connectivity index (χ1v) is 9.42. The molecule has 5 heteroatoms. The number of aldehydes is 1. The Morgan fingerprint density at radius 3 is 1.79 bits per heavy atom. The van der Waals surface area contributed by atoms with E-state index in [2.05, 4.69) is 6.58 Å². The standard InChI is InChI=1S/C23H22N2O3/c1-2-18-20-21(19(15-26)24(18)13-16-9-5-3-6-10-16)23(28)25(22(20)27)14-17-11-7-4-8-12-17/h2-12,15,18-21H,1,13-14H2/t18-,19+,20-,21+/m0/s1. The van der Waals surface area contributed by atoms with Crippen molar-refractivity contribution in [2.24, 2.45) is 11.8 Å². The zero-order valence-electron chi connectivity index (χ0n) is 15.5. The lowest BCUT2D eigenvalue weighted by molar-refractivity contribution is -0.143. The molecule has 28 heavy (non-hydrogen) atoms. The minimum Gasteiger partial charge on any atom is -0.302 e. The average molecular weight is 374 g/mol. The molecule has 0 spiro atoms. The summed E-state index contributed by atoms with van der Waals surface area (Å²) in [6.45, 7) is 4.62. The molecule has 2 aromatic rings. The van der Waals surface area contributed by atoms with Crippen molar-refractivity contribution in [1.29, 1.82) is 0 Å². The highest BCUT2D eigenvalue weighted by Crippen LogP contribution is 2.43. The van der Waals surface area contributed by atoms with Crippen LogP contribution in [0, 0.1) is 11.8 Å². The fraction of sp³-hybridized carbons (Fsp3) is 0.261. The number of benzene rings is 2. The van der Waals surface area contributed by atoms with Gasteiger partial charge < -0.3 is 4.79 Å². The number of nitrogens with zero attached hydrogens (tertiary/aromatic N) is 2. The molecule has 2 aromatic carbocycles. The lowest BCUT2D eigenvalue weighted by Crippen LogP contribution is -2.44. The second kappa shape index (κ2) is 7.52. The van der Waals surface area contributed by atoms with E-state index in [9.17, 15) is 14.4 Å². The molecule has 0 saturated carbocycles. The molecule has 2 fully saturated rings. The van der Waals surface area contributed by atoms with E-state index in [0.717, 1.165) is 17.4 Å². The first-order chi connectivity index (χ1) is 13.7. The van der Waals surface area contributed by atoms with Gasteiger partial charge in [0.05, 0.1) is 24.4 Å². The van der Waals surface area contributed by atoms with Crippen LogP contribution in [0.5, 0.6) is 0 Å². The lowest BCUT2D eigenvalue weighted by atomic mass is 9.90. The summed E-state index contributed by atoms with van der Waals surface area (Å²) >= 11 is 0. The van der Waals surface area contributed by atoms with E-state index in [1.165, 1.54) is 4.90 Å². The Hall–Kier alpha value is -3.05. The van der Waals surface area contributed by atoms with Crippen molar-refractivity contribution in [3.63, 3.8) is 0 Å². The van der Waals surface area contributed by atoms with E-state index in [0.29, 0.717) is 6.54 Å². The fourth-order valence-corrected chi connectivity index (χ4v) is 4.48. The van der Waals surface area contributed by atoms with Gasteiger partial charge in [0.2, 0.25) is 11.8 Å². The SMILES string of the molecule is C=C[C@H]1[C@@H]2C(=O)N(Cc3ccccc3)C(=O)[C@@H]2[C@@H](C=O)N1Cc1ccccc1. The van der Waals surface area contributed by atoms with Crippen molar-refractivity contribution >= 4 is 18.1 Å². The van der Waals surface area contributed by atoms with Crippen molar-refractivity contribution in [2.75, 3.05) is 0 Å². The Bertz CT molecular complexity index is 863. The topological polar surface area (TPSA) is 57.7 Å². The van der Waals surface area contributed by atoms with E-state index in [1.807, 2.05) is 65.6 Å². The smallest absolute Gasteiger partial charge is 0.235 e. The molecule has 2 heterocycles. The highest BCUT2D eigenvalue weighted by atomic mass is 16.2. The van der Waals surface area contributed by atoms with Gasteiger partial charge in [-0.1, -0.05) is 66.7 Å². The van der Waals surface area contributed by atoms with E-state index < -0.39 is 17.9 Å². The molecule has 2 aliphatic rings. The minimum atomic E-state index is -0.652. The van der Waals surface area contributed by atoms with Crippen molar-refractivity contribution in [3.05, 3.63) is 84.4 Å². The van der Waals surface area contributed by atoms with Crippen LogP contribution in [0.4, 0.5) is 0 Å². The maximum Gasteiger partial charge on any atom is 0.235 e. The molecule has 0 bridgehead atoms. The van der Waals surface area contributed by atoms with Crippen molar-refractivity contribution in [1.82, 2.24) is 9.80 Å². The van der Waals surface area contributed by atoms with Gasteiger partial charge in [0.1, 0.15) is 6.29 Å². The molecular weight excluding hydrogens is 352 g/mol. The number of fused-ring (bicyclic) bond motifs is 1. The molecule has 0 aromatic heterocycles. The number of carbonyl (C=O) groups is 3. The number of hydrogen-bond acceptors (Lipinski definition) is 4. The fourth-order valence-electron chi connectivity index (χ4n) is 4.48. The van der Waals surface area contributed by atoms with Gasteiger partial charge in [0.25, 0.3) is 0 Å². The minimum absolute atomic E-state index is 0.217. The molecule has 0 N–H and O–H groups in total. The lowest BCUT2D eigenvalue weighted by Gasteiger charge is -2.29. The third-order valence-corrected chi connectivity index (χ3v) is 5.76. The van der Waals surface area contributed by atoms with Gasteiger partial charge >= 0.3 is 0 Å². The molecule has 4 atom stereocenters. The monoisotopic (exact) mass is 374 g/mol. The Kier molecular flexibility index (Phi) is 4.92. The molecule has 0 unspecified atom stereocenters. The molecule has 2 aliphatic heterocycles. The average Bonchev–Trinajstić information content (AvgIpc) is 3.16. The number of imide groups is 1. The van der Waals surface area contributed by atoms with Gasteiger partial charge in [0.15, 0.2) is 0 Å². The first-order valence-electron chi connectivity index (χ1n) is 9.42. The van der Waals surface area contributed by atoms with E-state index in [-0.39, 0.29) is 24.4 Å². The Labute approximate surface area is 164 Å².